The van der Waals surface area contributed by atoms with Crippen LogP contribution in [-0.2, 0) is 49.2 Å². The Morgan fingerprint density at radius 2 is 1.62 bits per heavy atom. The number of carbonyl (C=O) groups excluding carboxylic acids is 2. The van der Waals surface area contributed by atoms with Gasteiger partial charge in [-0.1, -0.05) is 68.5 Å². The van der Waals surface area contributed by atoms with Crippen LogP contribution in [0.5, 0.6) is 0 Å². The van der Waals surface area contributed by atoms with E-state index in [0.717, 1.165) is 16.0 Å². The van der Waals surface area contributed by atoms with Gasteiger partial charge in [0.15, 0.2) is 17.2 Å². The lowest BCUT2D eigenvalue weighted by molar-refractivity contribution is -0.304. The van der Waals surface area contributed by atoms with Crippen LogP contribution in [0.2, 0.25) is 0 Å². The predicted molar refractivity (Wildman–Crippen MR) is 273 cm³/mol. The van der Waals surface area contributed by atoms with Crippen molar-refractivity contribution < 1.29 is 67.6 Å². The monoisotopic (exact) mass is 1060 g/mol. The van der Waals surface area contributed by atoms with Gasteiger partial charge in [-0.25, -0.2) is 14.1 Å². The molecule has 1 aromatic carbocycles. The minimum absolute atomic E-state index is 0.0972. The number of hydrogen-bond donors (Lipinski definition) is 5. The van der Waals surface area contributed by atoms with E-state index in [1.807, 2.05) is 50.1 Å². The van der Waals surface area contributed by atoms with Gasteiger partial charge in [-0.2, -0.15) is 0 Å². The number of thiazole rings is 1. The normalized spacial score (nSPS) is 41.5. The van der Waals surface area contributed by atoms with E-state index in [0.29, 0.717) is 30.2 Å². The standard InChI is InChI=1S/C53H81FN6O13S/c1-14-40-53(9,66)45(63)30(5)42(61)35-22-52(8,69-13)47(28(3)41(29(4)48(65)72-40)38-23-51(7,68-12)46(64)31(6)71-38)73-49-43(62)36(21-27(2)70-49)59(10)20-19-34-26-60(58-57-34)37(24-54)44(67-11)33-17-15-32(16-18-33)39-25-55-50(56-35)74-39/h15-18,25-31,35-38,40-41,43-47,49,62-64,66H,14,19-24H2,1-13H3,(H,55,56)/t27-,28+,29-,30+,31+,35-,36+,37-,38-,40-,41?,43-,44-,45-,46+,47-,49+,51-,52-,53-/m1/s1. The second-order valence-electron chi connectivity index (χ2n) is 22.0. The number of ether oxygens (including phenoxy) is 7. The van der Waals surface area contributed by atoms with Gasteiger partial charge in [-0.15, -0.1) is 5.10 Å². The summed E-state index contributed by atoms with van der Waals surface area (Å²) in [5.74, 6) is -4.96. The number of aromatic nitrogens is 4. The Morgan fingerprint density at radius 3 is 2.26 bits per heavy atom. The fourth-order valence-electron chi connectivity index (χ4n) is 12.2. The van der Waals surface area contributed by atoms with E-state index in [-0.39, 0.29) is 19.3 Å². The first-order valence-corrected chi connectivity index (χ1v) is 26.9. The number of nitrogens with one attached hydrogen (secondary N) is 1. The number of carbonyl (C=O) groups is 2. The number of cyclic esters (lactones) is 1. The Bertz CT molecular complexity index is 2340. The number of hydrogen-bond acceptors (Lipinski definition) is 19. The highest BCUT2D eigenvalue weighted by Crippen LogP contribution is 2.46. The van der Waals surface area contributed by atoms with Crippen molar-refractivity contribution in [1.29, 1.82) is 0 Å². The van der Waals surface area contributed by atoms with Crippen molar-refractivity contribution in [2.45, 2.75) is 191 Å². The number of anilines is 1. The number of likely N-dealkylation sites (N-methyl/N-ethyl adjacent to an activating group) is 1. The largest absolute Gasteiger partial charge is 0.459 e. The van der Waals surface area contributed by atoms with E-state index >= 15 is 9.18 Å². The van der Waals surface area contributed by atoms with Crippen molar-refractivity contribution in [2.75, 3.05) is 46.9 Å². The van der Waals surface area contributed by atoms with E-state index in [4.69, 9.17) is 38.1 Å². The molecule has 0 saturated carbocycles. The van der Waals surface area contributed by atoms with Crippen LogP contribution in [0.25, 0.3) is 10.4 Å². The van der Waals surface area contributed by atoms with Gasteiger partial charge in [-0.3, -0.25) is 9.59 Å². The molecule has 5 aliphatic heterocycles. The second-order valence-corrected chi connectivity index (χ2v) is 23.0. The Labute approximate surface area is 438 Å². The molecule has 10 bridgehead atoms. The number of benzene rings is 1. The third-order valence-electron chi connectivity index (χ3n) is 17.0. The molecule has 0 radical (unpaired) electrons. The number of alkyl halides is 1. The zero-order chi connectivity index (χ0) is 54.2. The number of methoxy groups -OCH3 is 3. The maximum absolute atomic E-state index is 15.3. The van der Waals surface area contributed by atoms with Crippen molar-refractivity contribution in [3.05, 3.63) is 47.9 Å². The molecule has 2 aromatic heterocycles. The molecule has 3 fully saturated rings. The smallest absolute Gasteiger partial charge is 0.309 e. The van der Waals surface area contributed by atoms with E-state index < -0.39 is 138 Å². The molecule has 0 aliphatic carbocycles. The first-order chi connectivity index (χ1) is 34.9. The van der Waals surface area contributed by atoms with Crippen molar-refractivity contribution in [2.24, 2.45) is 23.7 Å². The Kier molecular flexibility index (Phi) is 18.5. The van der Waals surface area contributed by atoms with Crippen LogP contribution in [0.3, 0.4) is 0 Å². The molecule has 19 nitrogen and oxygen atoms in total. The molecule has 21 heteroatoms. The summed E-state index contributed by atoms with van der Waals surface area (Å²) in [6.45, 7) is 15.1. The van der Waals surface area contributed by atoms with Crippen molar-refractivity contribution >= 4 is 28.2 Å². The van der Waals surface area contributed by atoms with Gasteiger partial charge in [-0.05, 0) is 71.6 Å². The number of Topliss-reactive ketones (excluding diaryl/α,β-unsaturated/α-hetero) is 1. The van der Waals surface area contributed by atoms with Crippen LogP contribution in [0, 0.1) is 23.7 Å². The average Bonchev–Trinajstić information content (AvgIpc) is 4.06. The fourth-order valence-corrected chi connectivity index (χ4v) is 13.0. The second kappa shape index (κ2) is 23.6. The van der Waals surface area contributed by atoms with E-state index in [2.05, 4.69) is 15.6 Å². The molecule has 414 valence electrons. The summed E-state index contributed by atoms with van der Waals surface area (Å²) < 4.78 is 61.6. The lowest BCUT2D eigenvalue weighted by Gasteiger charge is -2.52. The minimum atomic E-state index is -2.10. The van der Waals surface area contributed by atoms with E-state index in [1.165, 1.54) is 51.2 Å². The SMILES string of the molecule is CC[C@H]1OC(=O)[C@H](C)C([C@H]2C[C@@](C)(OC)[C@@H](O)[C@H](C)O2)[C@H](C)[C@H]2O[C@@H]3O[C@H](C)C[C@@H]([C@H]3O)N(C)CCc3cn(nn3)[C@H](CF)[C@H](OC)c3ccc(cc3)-c3cnc(s3)N[C@H](C[C@@]2(C)OC)C(=O)[C@H](C)[C@@H](O)[C@]1(C)O. The highest BCUT2D eigenvalue weighted by molar-refractivity contribution is 7.18. The van der Waals surface area contributed by atoms with Gasteiger partial charge < -0.3 is 63.8 Å². The molecule has 3 aromatic rings. The quantitative estimate of drug-likeness (QED) is 0.202. The molecule has 5 aliphatic rings. The fraction of sp³-hybridized carbons (Fsp3) is 0.755. The van der Waals surface area contributed by atoms with Gasteiger partial charge in [0.25, 0.3) is 0 Å². The first-order valence-electron chi connectivity index (χ1n) is 26.0. The Hall–Kier alpha value is -3.58. The summed E-state index contributed by atoms with van der Waals surface area (Å²) in [6.07, 6.45) is -5.89. The maximum Gasteiger partial charge on any atom is 0.309 e. The summed E-state index contributed by atoms with van der Waals surface area (Å²) in [4.78, 5) is 37.6. The van der Waals surface area contributed by atoms with Crippen LogP contribution in [0.1, 0.15) is 111 Å². The zero-order valence-corrected chi connectivity index (χ0v) is 46.0. The first kappa shape index (κ1) is 58.1. The zero-order valence-electron chi connectivity index (χ0n) is 45.2. The van der Waals surface area contributed by atoms with Crippen LogP contribution in [-0.4, -0.2) is 183 Å². The summed E-state index contributed by atoms with van der Waals surface area (Å²) in [5, 5.41) is 60.7. The van der Waals surface area contributed by atoms with Gasteiger partial charge in [0.05, 0.1) is 64.3 Å². The average molecular weight is 1060 g/mol. The minimum Gasteiger partial charge on any atom is -0.459 e. The highest BCUT2D eigenvalue weighted by Gasteiger charge is 2.56. The van der Waals surface area contributed by atoms with Crippen LogP contribution in [0.4, 0.5) is 9.52 Å². The number of ketones is 1. The van der Waals surface area contributed by atoms with Crippen molar-refractivity contribution in [3.63, 3.8) is 0 Å². The number of esters is 1. The molecule has 20 atom stereocenters. The maximum atomic E-state index is 15.3. The topological polar surface area (TPSA) is 239 Å². The van der Waals surface area contributed by atoms with Gasteiger partial charge in [0.1, 0.15) is 42.7 Å². The molecule has 0 spiro atoms. The number of rotatable bonds is 6. The van der Waals surface area contributed by atoms with Gasteiger partial charge in [0.2, 0.25) is 0 Å². The number of fused-ring (bicyclic) bond motifs is 5. The molecule has 0 amide bonds. The molecule has 5 N–H and O–H groups in total. The molecule has 8 rings (SSSR count). The molecule has 7 heterocycles. The highest BCUT2D eigenvalue weighted by atomic mass is 32.1. The number of nitrogens with zero attached hydrogens (tertiary/aromatic N) is 5. The van der Waals surface area contributed by atoms with Crippen LogP contribution in [0.15, 0.2) is 36.7 Å². The van der Waals surface area contributed by atoms with Crippen LogP contribution >= 0.6 is 11.3 Å². The number of halogens is 1. The molecule has 1 unspecified atom stereocenters. The number of aliphatic hydroxyl groups excluding tert-OH is 3. The Morgan fingerprint density at radius 1 is 0.932 bits per heavy atom. The van der Waals surface area contributed by atoms with E-state index in [1.54, 1.807) is 47.0 Å². The summed E-state index contributed by atoms with van der Waals surface area (Å²) in [5.41, 5.74) is -2.55. The predicted octanol–water partition coefficient (Wildman–Crippen LogP) is 5.10. The van der Waals surface area contributed by atoms with Crippen molar-refractivity contribution in [1.82, 2.24) is 24.9 Å². The number of aliphatic hydroxyl groups is 4. The van der Waals surface area contributed by atoms with Crippen LogP contribution < -0.4 is 5.32 Å². The lowest BCUT2D eigenvalue weighted by Crippen LogP contribution is -2.63. The molecule has 74 heavy (non-hydrogen) atoms. The third-order valence-corrected chi connectivity index (χ3v) is 18.0. The lowest BCUT2D eigenvalue weighted by atomic mass is 9.68. The molecule has 3 saturated heterocycles. The van der Waals surface area contributed by atoms with Gasteiger partial charge >= 0.3 is 5.97 Å². The summed E-state index contributed by atoms with van der Waals surface area (Å²) in [7, 11) is 6.44. The van der Waals surface area contributed by atoms with Gasteiger partial charge in [0, 0.05) is 77.4 Å². The third kappa shape index (κ3) is 11.6. The van der Waals surface area contributed by atoms with E-state index in [9.17, 15) is 25.2 Å². The Balaban J connectivity index is 1.41. The summed E-state index contributed by atoms with van der Waals surface area (Å²) >= 11 is 1.29. The molecular weight excluding hydrogens is 980 g/mol. The summed E-state index contributed by atoms with van der Waals surface area (Å²) in [6, 6.07) is 5.04. The molecular formula is C53H81FN6O13S. The van der Waals surface area contributed by atoms with Crippen molar-refractivity contribution in [3.8, 4) is 10.4 Å².